The Bertz CT molecular complexity index is 1150. The fourth-order valence-electron chi connectivity index (χ4n) is 8.51. The molecule has 4 unspecified atom stereocenters. The topological polar surface area (TPSA) is 231 Å². The molecular formula is C50H94O15. The highest BCUT2D eigenvalue weighted by atomic mass is 16.7. The molecule has 2 saturated heterocycles. The first-order valence-electron chi connectivity index (χ1n) is 26.1. The van der Waals surface area contributed by atoms with Gasteiger partial charge in [0.25, 0.3) is 0 Å². The molecule has 15 nitrogen and oxygen atoms in total. The first kappa shape index (κ1) is 59.6. The minimum absolute atomic E-state index is 0.173. The summed E-state index contributed by atoms with van der Waals surface area (Å²) in [6, 6.07) is 0. The molecule has 0 spiro atoms. The lowest BCUT2D eigenvalue weighted by atomic mass is 9.98. The number of unbranched alkanes of at least 4 members (excludes halogenated alkanes) is 27. The van der Waals surface area contributed by atoms with E-state index in [1.165, 1.54) is 135 Å². The molecule has 2 heterocycles. The van der Waals surface area contributed by atoms with E-state index in [4.69, 9.17) is 28.4 Å². The van der Waals surface area contributed by atoms with E-state index in [9.17, 15) is 45.3 Å². The van der Waals surface area contributed by atoms with Crippen molar-refractivity contribution in [2.75, 3.05) is 26.4 Å². The van der Waals surface area contributed by atoms with Gasteiger partial charge in [-0.15, -0.1) is 0 Å². The van der Waals surface area contributed by atoms with E-state index in [1.807, 2.05) is 0 Å². The zero-order valence-corrected chi connectivity index (χ0v) is 40.5. The van der Waals surface area contributed by atoms with Gasteiger partial charge in [-0.3, -0.25) is 9.59 Å². The van der Waals surface area contributed by atoms with Gasteiger partial charge in [0.15, 0.2) is 18.7 Å². The summed E-state index contributed by atoms with van der Waals surface area (Å²) in [4.78, 5) is 25.7. The second kappa shape index (κ2) is 38.4. The third kappa shape index (κ3) is 26.7. The van der Waals surface area contributed by atoms with E-state index < -0.39 is 92.7 Å². The maximum absolute atomic E-state index is 13.0. The SMILES string of the molecule is CCCCCCCCCCCCCCCCCCCCCC(=O)O[C@H](COC(=O)CCCCCCCCCCCC)CO[C@H]1O[C@@H](CO[C@H]2O[C@@H](CO)[C@@H](O)C(O)C2O)[C@@H](O)C(O)C1O. The first-order chi connectivity index (χ1) is 31.5. The Kier molecular flexibility index (Phi) is 35.2. The zero-order valence-electron chi connectivity index (χ0n) is 40.5. The lowest BCUT2D eigenvalue weighted by Crippen LogP contribution is -2.61. The molecule has 7 N–H and O–H groups in total. The van der Waals surface area contributed by atoms with Gasteiger partial charge in [0.2, 0.25) is 0 Å². The normalized spacial score (nSPS) is 26.3. The molecule has 2 fully saturated rings. The number of carbonyl (C=O) groups is 2. The average Bonchev–Trinajstić information content (AvgIpc) is 3.30. The van der Waals surface area contributed by atoms with E-state index in [-0.39, 0.29) is 26.1 Å². The molecule has 0 aromatic heterocycles. The summed E-state index contributed by atoms with van der Waals surface area (Å²) < 4.78 is 33.6. The van der Waals surface area contributed by atoms with Crippen LogP contribution in [0.15, 0.2) is 0 Å². The highest BCUT2D eigenvalue weighted by Gasteiger charge is 2.47. The Labute approximate surface area is 391 Å². The Morgan fingerprint density at radius 1 is 0.431 bits per heavy atom. The van der Waals surface area contributed by atoms with Crippen molar-refractivity contribution in [2.45, 2.75) is 280 Å². The van der Waals surface area contributed by atoms with Crippen molar-refractivity contribution >= 4 is 11.9 Å². The highest BCUT2D eigenvalue weighted by Crippen LogP contribution is 2.27. The molecule has 2 rings (SSSR count). The van der Waals surface area contributed by atoms with Crippen molar-refractivity contribution in [1.82, 2.24) is 0 Å². The van der Waals surface area contributed by atoms with Crippen LogP contribution in [-0.4, -0.2) is 142 Å². The number of rotatable bonds is 41. The van der Waals surface area contributed by atoms with E-state index in [1.54, 1.807) is 0 Å². The van der Waals surface area contributed by atoms with Crippen LogP contribution in [0.25, 0.3) is 0 Å². The van der Waals surface area contributed by atoms with Gasteiger partial charge in [-0.05, 0) is 12.8 Å². The van der Waals surface area contributed by atoms with Gasteiger partial charge in [0.1, 0.15) is 55.4 Å². The molecule has 2 aliphatic heterocycles. The fourth-order valence-corrected chi connectivity index (χ4v) is 8.51. The molecule has 0 radical (unpaired) electrons. The molecule has 0 aromatic carbocycles. The van der Waals surface area contributed by atoms with Crippen LogP contribution in [0.1, 0.15) is 213 Å². The molecule has 0 aliphatic carbocycles. The average molecular weight is 935 g/mol. The van der Waals surface area contributed by atoms with Crippen LogP contribution in [0.2, 0.25) is 0 Å². The molecule has 2 aliphatic rings. The second-order valence-electron chi connectivity index (χ2n) is 18.7. The Hall–Kier alpha value is -1.50. The van der Waals surface area contributed by atoms with Crippen molar-refractivity contribution in [1.29, 1.82) is 0 Å². The largest absolute Gasteiger partial charge is 0.462 e. The van der Waals surface area contributed by atoms with Crippen molar-refractivity contribution in [3.8, 4) is 0 Å². The monoisotopic (exact) mass is 935 g/mol. The lowest BCUT2D eigenvalue weighted by molar-refractivity contribution is -0.332. The molecule has 0 saturated carbocycles. The minimum Gasteiger partial charge on any atom is -0.462 e. The molecular weight excluding hydrogens is 841 g/mol. The van der Waals surface area contributed by atoms with Gasteiger partial charge < -0.3 is 64.2 Å². The van der Waals surface area contributed by atoms with Gasteiger partial charge in [-0.25, -0.2) is 0 Å². The molecule has 0 bridgehead atoms. The van der Waals surface area contributed by atoms with Crippen LogP contribution in [0.5, 0.6) is 0 Å². The van der Waals surface area contributed by atoms with Crippen LogP contribution in [0, 0.1) is 0 Å². The fraction of sp³-hybridized carbons (Fsp3) is 0.960. The van der Waals surface area contributed by atoms with Gasteiger partial charge in [0.05, 0.1) is 19.8 Å². The number of esters is 2. The Balaban J connectivity index is 1.77. The molecule has 0 amide bonds. The van der Waals surface area contributed by atoms with Crippen molar-refractivity contribution in [2.24, 2.45) is 0 Å². The van der Waals surface area contributed by atoms with Crippen LogP contribution in [0.4, 0.5) is 0 Å². The first-order valence-corrected chi connectivity index (χ1v) is 26.1. The molecule has 15 heteroatoms. The molecule has 11 atom stereocenters. The van der Waals surface area contributed by atoms with Gasteiger partial charge >= 0.3 is 11.9 Å². The summed E-state index contributed by atoms with van der Waals surface area (Å²) in [5.41, 5.74) is 0. The summed E-state index contributed by atoms with van der Waals surface area (Å²) >= 11 is 0. The maximum Gasteiger partial charge on any atom is 0.306 e. The van der Waals surface area contributed by atoms with Gasteiger partial charge in [0, 0.05) is 12.8 Å². The van der Waals surface area contributed by atoms with Crippen LogP contribution in [0.3, 0.4) is 0 Å². The van der Waals surface area contributed by atoms with Gasteiger partial charge in [-0.1, -0.05) is 187 Å². The summed E-state index contributed by atoms with van der Waals surface area (Å²) in [5, 5.41) is 72.0. The summed E-state index contributed by atoms with van der Waals surface area (Å²) in [5.74, 6) is -0.912. The third-order valence-corrected chi connectivity index (χ3v) is 12.8. The Morgan fingerprint density at radius 3 is 1.20 bits per heavy atom. The van der Waals surface area contributed by atoms with Crippen molar-refractivity contribution < 1.29 is 73.8 Å². The van der Waals surface area contributed by atoms with E-state index >= 15 is 0 Å². The van der Waals surface area contributed by atoms with E-state index in [0.29, 0.717) is 12.8 Å². The maximum atomic E-state index is 13.0. The van der Waals surface area contributed by atoms with Crippen LogP contribution in [-0.2, 0) is 38.0 Å². The summed E-state index contributed by atoms with van der Waals surface area (Å²) in [6.07, 6.45) is 18.6. The third-order valence-electron chi connectivity index (χ3n) is 12.8. The van der Waals surface area contributed by atoms with E-state index in [0.717, 1.165) is 38.5 Å². The lowest BCUT2D eigenvalue weighted by Gasteiger charge is -2.42. The number of aliphatic hydroxyl groups is 7. The predicted molar refractivity (Wildman–Crippen MR) is 248 cm³/mol. The number of hydrogen-bond acceptors (Lipinski definition) is 15. The number of hydrogen-bond donors (Lipinski definition) is 7. The quantitative estimate of drug-likeness (QED) is 0.0237. The summed E-state index contributed by atoms with van der Waals surface area (Å²) in [6.45, 7) is 2.61. The highest BCUT2D eigenvalue weighted by molar-refractivity contribution is 5.70. The van der Waals surface area contributed by atoms with Crippen LogP contribution >= 0.6 is 0 Å². The number of aliphatic hydroxyl groups excluding tert-OH is 7. The zero-order chi connectivity index (χ0) is 47.5. The second-order valence-corrected chi connectivity index (χ2v) is 18.7. The van der Waals surface area contributed by atoms with Gasteiger partial charge in [-0.2, -0.15) is 0 Å². The number of ether oxygens (including phenoxy) is 6. The standard InChI is InChI=1S/C50H94O15/c1-3-5-7-9-11-13-15-16-17-18-19-20-21-22-23-25-27-29-31-33-42(53)63-38(35-60-41(52)32-30-28-26-24-14-12-10-8-6-4-2)36-61-49-48(59)46(57)44(55)40(65-49)37-62-50-47(58)45(56)43(54)39(34-51)64-50/h38-40,43-51,54-59H,3-37H2,1-2H3/t38-,39+,40+,43-,44-,45?,46?,47?,48?,49+,50+/m1/s1. The van der Waals surface area contributed by atoms with E-state index in [2.05, 4.69) is 13.8 Å². The predicted octanol–water partition coefficient (Wildman–Crippen LogP) is 7.22. The van der Waals surface area contributed by atoms with Crippen molar-refractivity contribution in [3.05, 3.63) is 0 Å². The Morgan fingerprint density at radius 2 is 0.785 bits per heavy atom. The minimum atomic E-state index is -1.76. The summed E-state index contributed by atoms with van der Waals surface area (Å²) in [7, 11) is 0. The van der Waals surface area contributed by atoms with Crippen molar-refractivity contribution in [3.63, 3.8) is 0 Å². The van der Waals surface area contributed by atoms with Crippen LogP contribution < -0.4 is 0 Å². The smallest absolute Gasteiger partial charge is 0.306 e. The number of carbonyl (C=O) groups excluding carboxylic acids is 2. The molecule has 384 valence electrons. The molecule has 0 aromatic rings. The molecule has 65 heavy (non-hydrogen) atoms.